The molecule has 3 nitrogen and oxygen atoms in total. The molecule has 0 atom stereocenters. The van der Waals surface area contributed by atoms with Crippen LogP contribution >= 0.6 is 0 Å². The minimum atomic E-state index is 0.868. The maximum absolute atomic E-state index is 5.88. The van der Waals surface area contributed by atoms with E-state index in [0.29, 0.717) is 0 Å². The number of hydrogen-bond donors (Lipinski definition) is 0. The molecule has 0 saturated heterocycles. The Morgan fingerprint density at radius 2 is 0.625 bits per heavy atom. The highest BCUT2D eigenvalue weighted by Gasteiger charge is 2.09. The van der Waals surface area contributed by atoms with Crippen molar-refractivity contribution in [3.63, 3.8) is 0 Å². The Kier molecular flexibility index (Phi) is 8.76. The fourth-order valence-electron chi connectivity index (χ4n) is 6.41. The molecule has 0 N–H and O–H groups in total. The van der Waals surface area contributed by atoms with E-state index in [4.69, 9.17) is 14.2 Å². The van der Waals surface area contributed by atoms with Gasteiger partial charge in [-0.25, -0.2) is 0 Å². The van der Waals surface area contributed by atoms with Gasteiger partial charge in [-0.2, -0.15) is 0 Å². The van der Waals surface area contributed by atoms with E-state index in [1.54, 1.807) is 21.3 Å². The minimum Gasteiger partial charge on any atom is -0.495 e. The van der Waals surface area contributed by atoms with E-state index in [2.05, 4.69) is 127 Å². The second-order valence-electron chi connectivity index (χ2n) is 11.7. The molecule has 7 aromatic carbocycles. The molecule has 7 rings (SSSR count). The molecular formula is C45H36O3. The van der Waals surface area contributed by atoms with Crippen molar-refractivity contribution >= 4 is 68.8 Å². The molecule has 0 aliphatic rings. The zero-order valence-electron chi connectivity index (χ0n) is 27.3. The van der Waals surface area contributed by atoms with Crippen LogP contribution in [0.3, 0.4) is 0 Å². The molecule has 0 saturated carbocycles. The van der Waals surface area contributed by atoms with E-state index < -0.39 is 0 Å². The summed E-state index contributed by atoms with van der Waals surface area (Å²) in [6.45, 7) is 0. The van der Waals surface area contributed by atoms with Crippen molar-refractivity contribution in [3.8, 4) is 17.2 Å². The first-order valence-corrected chi connectivity index (χ1v) is 16.0. The van der Waals surface area contributed by atoms with Gasteiger partial charge >= 0.3 is 0 Å². The van der Waals surface area contributed by atoms with Crippen LogP contribution in [0.15, 0.2) is 127 Å². The molecule has 0 aliphatic carbocycles. The Hall–Kier alpha value is -6.06. The lowest BCUT2D eigenvalue weighted by atomic mass is 10.00. The summed E-state index contributed by atoms with van der Waals surface area (Å²) in [5.74, 6) is 2.60. The first-order chi connectivity index (χ1) is 23.6. The molecule has 0 fully saturated rings. The summed E-state index contributed by atoms with van der Waals surface area (Å²) in [4.78, 5) is 0. The Morgan fingerprint density at radius 3 is 0.917 bits per heavy atom. The van der Waals surface area contributed by atoms with Crippen LogP contribution in [0.2, 0.25) is 0 Å². The number of rotatable bonds is 9. The van der Waals surface area contributed by atoms with Crippen LogP contribution in [0.5, 0.6) is 17.2 Å². The van der Waals surface area contributed by atoms with E-state index >= 15 is 0 Å². The lowest BCUT2D eigenvalue weighted by Gasteiger charge is -2.10. The maximum Gasteiger partial charge on any atom is 0.133 e. The highest BCUT2D eigenvalue weighted by atomic mass is 16.5. The van der Waals surface area contributed by atoms with Gasteiger partial charge in [0, 0.05) is 32.8 Å². The smallest absolute Gasteiger partial charge is 0.133 e. The summed E-state index contributed by atoms with van der Waals surface area (Å²) in [5, 5.41) is 6.74. The predicted molar refractivity (Wildman–Crippen MR) is 205 cm³/mol. The third-order valence-electron chi connectivity index (χ3n) is 8.71. The first-order valence-electron chi connectivity index (χ1n) is 16.0. The molecule has 0 bridgehead atoms. The molecule has 0 aromatic heterocycles. The largest absolute Gasteiger partial charge is 0.495 e. The summed E-state index contributed by atoms with van der Waals surface area (Å²) in [7, 11) is 5.20. The zero-order chi connectivity index (χ0) is 32.9. The molecule has 0 spiro atoms. The van der Waals surface area contributed by atoms with Crippen molar-refractivity contribution in [2.75, 3.05) is 21.3 Å². The zero-order valence-corrected chi connectivity index (χ0v) is 27.3. The van der Waals surface area contributed by atoms with Gasteiger partial charge in [0.25, 0.3) is 0 Å². The van der Waals surface area contributed by atoms with Crippen LogP contribution in [0.1, 0.15) is 33.4 Å². The molecular weight excluding hydrogens is 588 g/mol. The van der Waals surface area contributed by atoms with Crippen molar-refractivity contribution in [1.29, 1.82) is 0 Å². The highest BCUT2D eigenvalue weighted by molar-refractivity contribution is 5.95. The second kappa shape index (κ2) is 13.7. The van der Waals surface area contributed by atoms with Crippen LogP contribution < -0.4 is 14.2 Å². The highest BCUT2D eigenvalue weighted by Crippen LogP contribution is 2.34. The van der Waals surface area contributed by atoms with Crippen molar-refractivity contribution in [3.05, 3.63) is 161 Å². The number of ether oxygens (including phenoxy) is 3. The average molecular weight is 625 g/mol. The van der Waals surface area contributed by atoms with Gasteiger partial charge in [-0.3, -0.25) is 0 Å². The number of benzene rings is 7. The minimum absolute atomic E-state index is 0.868. The van der Waals surface area contributed by atoms with Gasteiger partial charge in [0.2, 0.25) is 0 Å². The van der Waals surface area contributed by atoms with Crippen LogP contribution in [-0.2, 0) is 0 Å². The third-order valence-corrected chi connectivity index (χ3v) is 8.71. The molecule has 7 aromatic rings. The summed E-state index contributed by atoms with van der Waals surface area (Å²) in [5.41, 5.74) is 6.29. The van der Waals surface area contributed by atoms with E-state index in [1.165, 1.54) is 0 Å². The SMILES string of the molecule is COc1c(/C=C/c2cc(/C=C/c3ccc4ccccc4c3OC)cc(/C=C/c3ccc4ccccc4c3OC)c2)ccc2ccccc12. The number of fused-ring (bicyclic) bond motifs is 3. The lowest BCUT2D eigenvalue weighted by molar-refractivity contribution is 0.419. The average Bonchev–Trinajstić information content (AvgIpc) is 3.14. The van der Waals surface area contributed by atoms with E-state index in [9.17, 15) is 0 Å². The topological polar surface area (TPSA) is 27.7 Å². The summed E-state index contributed by atoms with van der Waals surface area (Å²) in [6.07, 6.45) is 12.8. The quantitative estimate of drug-likeness (QED) is 0.150. The van der Waals surface area contributed by atoms with E-state index in [1.807, 2.05) is 36.4 Å². The predicted octanol–water partition coefficient (Wildman–Crippen LogP) is 11.7. The molecule has 234 valence electrons. The molecule has 0 amide bonds. The Bertz CT molecular complexity index is 2080. The summed E-state index contributed by atoms with van der Waals surface area (Å²) in [6, 6.07) is 44.2. The van der Waals surface area contributed by atoms with Gasteiger partial charge in [0.05, 0.1) is 21.3 Å². The summed E-state index contributed by atoms with van der Waals surface area (Å²) < 4.78 is 17.6. The van der Waals surface area contributed by atoms with Gasteiger partial charge in [-0.05, 0) is 51.0 Å². The van der Waals surface area contributed by atoms with Gasteiger partial charge in [0.15, 0.2) is 0 Å². The standard InChI is InChI=1S/C45H36O3/c1-46-43-37(25-22-34-10-4-7-13-40(34)43)19-16-31-28-32(17-20-38-26-23-35-11-5-8-14-41(35)44(38)47-2)30-33(29-31)18-21-39-27-24-36-12-6-9-15-42(36)45(39)48-3/h4-30H,1-3H3/b19-16+,20-17+,21-18+. The van der Waals surface area contributed by atoms with Gasteiger partial charge in [-0.1, -0.05) is 146 Å². The Labute approximate surface area is 281 Å². The summed E-state index contributed by atoms with van der Waals surface area (Å²) >= 11 is 0. The van der Waals surface area contributed by atoms with E-state index in [-0.39, 0.29) is 0 Å². The molecule has 3 heteroatoms. The molecule has 0 radical (unpaired) electrons. The lowest BCUT2D eigenvalue weighted by Crippen LogP contribution is -1.90. The van der Waals surface area contributed by atoms with Gasteiger partial charge in [-0.15, -0.1) is 0 Å². The van der Waals surface area contributed by atoms with Crippen LogP contribution in [0.4, 0.5) is 0 Å². The van der Waals surface area contributed by atoms with E-state index in [0.717, 1.165) is 82.9 Å². The number of methoxy groups -OCH3 is 3. The fourth-order valence-corrected chi connectivity index (χ4v) is 6.41. The Balaban J connectivity index is 1.30. The van der Waals surface area contributed by atoms with Crippen molar-refractivity contribution < 1.29 is 14.2 Å². The molecule has 0 heterocycles. The Morgan fingerprint density at radius 1 is 0.333 bits per heavy atom. The fraction of sp³-hybridized carbons (Fsp3) is 0.0667. The number of hydrogen-bond acceptors (Lipinski definition) is 3. The molecule has 48 heavy (non-hydrogen) atoms. The van der Waals surface area contributed by atoms with Crippen LogP contribution in [0, 0.1) is 0 Å². The first kappa shape index (κ1) is 30.6. The van der Waals surface area contributed by atoms with Gasteiger partial charge in [0.1, 0.15) is 17.2 Å². The second-order valence-corrected chi connectivity index (χ2v) is 11.7. The molecule has 0 aliphatic heterocycles. The third kappa shape index (κ3) is 6.19. The van der Waals surface area contributed by atoms with Crippen LogP contribution in [0.25, 0.3) is 68.8 Å². The normalized spacial score (nSPS) is 11.8. The van der Waals surface area contributed by atoms with Gasteiger partial charge < -0.3 is 14.2 Å². The molecule has 0 unspecified atom stereocenters. The maximum atomic E-state index is 5.88. The van der Waals surface area contributed by atoms with Crippen molar-refractivity contribution in [2.24, 2.45) is 0 Å². The van der Waals surface area contributed by atoms with Crippen molar-refractivity contribution in [1.82, 2.24) is 0 Å². The monoisotopic (exact) mass is 624 g/mol. The van der Waals surface area contributed by atoms with Crippen LogP contribution in [-0.4, -0.2) is 21.3 Å². The van der Waals surface area contributed by atoms with Crippen molar-refractivity contribution in [2.45, 2.75) is 0 Å².